The van der Waals surface area contributed by atoms with E-state index in [0.29, 0.717) is 0 Å². The summed E-state index contributed by atoms with van der Waals surface area (Å²) in [6, 6.07) is 10.5. The molecule has 0 unspecified atom stereocenters. The van der Waals surface area contributed by atoms with Crippen LogP contribution in [0.4, 0.5) is 0 Å². The van der Waals surface area contributed by atoms with Crippen LogP contribution < -0.4 is 4.62 Å². The second-order valence-electron chi connectivity index (χ2n) is 7.53. The Kier molecular flexibility index (Phi) is 7.36. The minimum atomic E-state index is -2.20. The normalized spacial score (nSPS) is 19.4. The van der Waals surface area contributed by atoms with Crippen molar-refractivity contribution in [2.24, 2.45) is 0 Å². The van der Waals surface area contributed by atoms with Gasteiger partial charge in [-0.1, -0.05) is 42.1 Å². The van der Waals surface area contributed by atoms with Crippen LogP contribution >= 0.6 is 17.7 Å². The van der Waals surface area contributed by atoms with Gasteiger partial charge in [-0.2, -0.15) is 0 Å². The largest absolute Gasteiger partial charge is 0.383 e. The molecule has 4 rings (SSSR count). The Hall–Kier alpha value is -1.12. The van der Waals surface area contributed by atoms with Crippen molar-refractivity contribution in [1.82, 2.24) is 19.2 Å². The van der Waals surface area contributed by atoms with Crippen molar-refractivity contribution in [1.29, 1.82) is 0 Å². The molecule has 3 heterocycles. The smallest absolute Gasteiger partial charge is 0.119 e. The van der Waals surface area contributed by atoms with Gasteiger partial charge >= 0.3 is 0 Å². The second kappa shape index (κ2) is 10.0. The van der Waals surface area contributed by atoms with Crippen molar-refractivity contribution in [2.45, 2.75) is 0 Å². The lowest BCUT2D eigenvalue weighted by Crippen LogP contribution is -2.45. The minimum Gasteiger partial charge on any atom is -0.383 e. The molecule has 0 atom stereocenters. The number of hydrogen-bond donors (Lipinski definition) is 0. The summed E-state index contributed by atoms with van der Waals surface area (Å²) in [6.45, 7) is 6.39. The molecule has 1 aromatic heterocycles. The van der Waals surface area contributed by atoms with E-state index in [1.807, 2.05) is 31.3 Å². The van der Waals surface area contributed by atoms with Crippen LogP contribution in [0.1, 0.15) is 5.01 Å². The third-order valence-electron chi connectivity index (χ3n) is 5.19. The van der Waals surface area contributed by atoms with E-state index in [0.717, 1.165) is 68.9 Å². The van der Waals surface area contributed by atoms with E-state index in [1.54, 1.807) is 11.3 Å². The van der Waals surface area contributed by atoms with Crippen molar-refractivity contribution in [2.75, 3.05) is 66.7 Å². The molecule has 0 N–H and O–H groups in total. The van der Waals surface area contributed by atoms with Crippen molar-refractivity contribution in [3.05, 3.63) is 41.5 Å². The highest BCUT2D eigenvalue weighted by atomic mass is 32.4. The zero-order valence-electron chi connectivity index (χ0n) is 17.6. The lowest BCUT2D eigenvalue weighted by atomic mass is 10.2. The molecule has 0 spiro atoms. The lowest BCUT2D eigenvalue weighted by molar-refractivity contribution is 0.0590. The monoisotopic (exact) mass is 464 g/mol. The van der Waals surface area contributed by atoms with Gasteiger partial charge in [0.2, 0.25) is 0 Å². The van der Waals surface area contributed by atoms with Crippen molar-refractivity contribution in [3.8, 4) is 11.3 Å². The van der Waals surface area contributed by atoms with E-state index >= 15 is 0 Å². The maximum atomic E-state index is 6.63. The first kappa shape index (κ1) is 22.1. The molecule has 0 amide bonds. The fourth-order valence-electron chi connectivity index (χ4n) is 3.68. The molecular weight excluding hydrogens is 435 g/mol. The van der Waals surface area contributed by atoms with Gasteiger partial charge in [-0.05, 0) is 6.08 Å². The van der Waals surface area contributed by atoms with Gasteiger partial charge < -0.3 is 14.4 Å². The summed E-state index contributed by atoms with van der Waals surface area (Å²) in [5.41, 5.74) is 2.16. The zero-order chi connectivity index (χ0) is 21.0. The van der Waals surface area contributed by atoms with Gasteiger partial charge in [0.1, 0.15) is 11.3 Å². The number of aromatic nitrogens is 1. The van der Waals surface area contributed by atoms with Gasteiger partial charge in [-0.3, -0.25) is 9.34 Å². The number of morpholine rings is 2. The molecule has 0 saturated carbocycles. The van der Waals surface area contributed by atoms with Crippen LogP contribution in [0.15, 0.2) is 36.5 Å². The highest BCUT2D eigenvalue weighted by Crippen LogP contribution is 2.56. The van der Waals surface area contributed by atoms with Crippen LogP contribution in [0.3, 0.4) is 0 Å². The number of rotatable bonds is 6. The van der Waals surface area contributed by atoms with Crippen LogP contribution in [0.2, 0.25) is 0 Å². The van der Waals surface area contributed by atoms with Crippen LogP contribution in [-0.2, 0) is 21.3 Å². The van der Waals surface area contributed by atoms with Crippen molar-refractivity contribution < 1.29 is 9.47 Å². The fourth-order valence-corrected chi connectivity index (χ4v) is 10.2. The van der Waals surface area contributed by atoms with Crippen molar-refractivity contribution in [3.63, 3.8) is 0 Å². The molecule has 2 aliphatic rings. The second-order valence-corrected chi connectivity index (χ2v) is 13.1. The first-order valence-corrected chi connectivity index (χ1v) is 13.8. The summed E-state index contributed by atoms with van der Waals surface area (Å²) in [7, 11) is 4.05. The van der Waals surface area contributed by atoms with Gasteiger partial charge in [0.25, 0.3) is 0 Å². The van der Waals surface area contributed by atoms with Gasteiger partial charge in [-0.25, -0.2) is 4.98 Å². The first-order valence-electron chi connectivity index (χ1n) is 10.3. The molecular formula is C21H29N4O2PS2. The van der Waals surface area contributed by atoms with E-state index in [1.165, 1.54) is 4.62 Å². The number of hydrogen-bond acceptors (Lipinski definition) is 6. The van der Waals surface area contributed by atoms with Gasteiger partial charge in [-0.15, -0.1) is 11.3 Å². The van der Waals surface area contributed by atoms with Crippen LogP contribution in [0, 0.1) is 0 Å². The average molecular weight is 465 g/mol. The molecule has 0 bridgehead atoms. The van der Waals surface area contributed by atoms with Gasteiger partial charge in [0, 0.05) is 52.0 Å². The Labute approximate surface area is 188 Å². The first-order chi connectivity index (χ1) is 14.6. The maximum absolute atomic E-state index is 6.63. The third-order valence-corrected chi connectivity index (χ3v) is 12.4. The Bertz CT molecular complexity index is 885. The Morgan fingerprint density at radius 3 is 2.10 bits per heavy atom. The van der Waals surface area contributed by atoms with Gasteiger partial charge in [0.15, 0.2) is 0 Å². The van der Waals surface area contributed by atoms with Gasteiger partial charge in [0.05, 0.1) is 36.7 Å². The molecule has 162 valence electrons. The molecule has 0 radical (unpaired) electrons. The molecule has 2 saturated heterocycles. The van der Waals surface area contributed by atoms with Crippen LogP contribution in [0.5, 0.6) is 0 Å². The van der Waals surface area contributed by atoms with E-state index in [2.05, 4.69) is 39.7 Å². The summed E-state index contributed by atoms with van der Waals surface area (Å²) in [4.78, 5) is 7.09. The number of ether oxygens (including phenoxy) is 2. The number of benzene rings is 1. The molecule has 2 fully saturated rings. The topological polar surface area (TPSA) is 41.1 Å². The summed E-state index contributed by atoms with van der Waals surface area (Å²) in [5, 5.41) is 0.994. The fraction of sp³-hybridized carbons (Fsp3) is 0.476. The summed E-state index contributed by atoms with van der Waals surface area (Å²) in [6.07, 6.45) is 1.92. The predicted octanol–water partition coefficient (Wildman–Crippen LogP) is 2.94. The zero-order valence-corrected chi connectivity index (χ0v) is 20.1. The molecule has 6 nitrogen and oxygen atoms in total. The van der Waals surface area contributed by atoms with Crippen molar-refractivity contribution >= 4 is 40.2 Å². The quantitative estimate of drug-likeness (QED) is 0.609. The van der Waals surface area contributed by atoms with E-state index in [9.17, 15) is 0 Å². The molecule has 1 aromatic carbocycles. The Balaban J connectivity index is 1.85. The average Bonchev–Trinajstić information content (AvgIpc) is 3.24. The minimum absolute atomic E-state index is 0.732. The molecule has 9 heteroatoms. The lowest BCUT2D eigenvalue weighted by Gasteiger charge is -2.45. The molecule has 0 aliphatic carbocycles. The highest BCUT2D eigenvalue weighted by Gasteiger charge is 2.39. The van der Waals surface area contributed by atoms with Crippen LogP contribution in [0.25, 0.3) is 17.3 Å². The van der Waals surface area contributed by atoms with E-state index < -0.39 is 6.34 Å². The molecule has 30 heavy (non-hydrogen) atoms. The SMILES string of the molecule is CN(C)/C=C/c1nc(-c2ccccc2)c(P(=S)(N2CCOCC2)N2CCOCC2)s1. The standard InChI is InChI=1S/C21H29N4O2PS2/c1-23(2)9-8-19-22-20(18-6-4-3-5-7-18)21(30-19)28(29,24-10-14-26-15-11-24)25-12-16-27-17-13-25/h3-9H,10-17H2,1-2H3/b9-8+. The number of nitrogens with zero attached hydrogens (tertiary/aromatic N) is 4. The summed E-state index contributed by atoms with van der Waals surface area (Å²) < 4.78 is 17.5. The summed E-state index contributed by atoms with van der Waals surface area (Å²) >= 11 is 8.38. The van der Waals surface area contributed by atoms with Crippen LogP contribution in [-0.4, -0.2) is 85.9 Å². The Morgan fingerprint density at radius 1 is 1.00 bits per heavy atom. The molecule has 2 aliphatic heterocycles. The Morgan fingerprint density at radius 2 is 1.57 bits per heavy atom. The highest BCUT2D eigenvalue weighted by molar-refractivity contribution is 8.17. The number of thiazole rings is 1. The maximum Gasteiger partial charge on any atom is 0.119 e. The van der Waals surface area contributed by atoms with E-state index in [-0.39, 0.29) is 0 Å². The predicted molar refractivity (Wildman–Crippen MR) is 129 cm³/mol. The molecule has 2 aromatic rings. The van der Waals surface area contributed by atoms with E-state index in [4.69, 9.17) is 26.3 Å². The third kappa shape index (κ3) is 4.70. The summed E-state index contributed by atoms with van der Waals surface area (Å²) in [5.74, 6) is 0.